The fraction of sp³-hybridized carbons (Fsp3) is 0.158. The lowest BCUT2D eigenvalue weighted by Gasteiger charge is -2.13. The first-order valence-electron chi connectivity index (χ1n) is 8.18. The minimum Gasteiger partial charge on any atom is -0.480 e. The number of carboxylic acids is 1. The second-order valence-electron chi connectivity index (χ2n) is 5.98. The molecule has 1 heterocycles. The van der Waals surface area contributed by atoms with Crippen molar-refractivity contribution in [2.24, 2.45) is 5.73 Å². The second-order valence-corrected chi connectivity index (χ2v) is 6.41. The van der Waals surface area contributed by atoms with Gasteiger partial charge in [-0.2, -0.15) is 0 Å². The van der Waals surface area contributed by atoms with E-state index in [-0.39, 0.29) is 18.7 Å². The van der Waals surface area contributed by atoms with Gasteiger partial charge in [-0.05, 0) is 42.8 Å². The lowest BCUT2D eigenvalue weighted by molar-refractivity contribution is -0.138. The van der Waals surface area contributed by atoms with E-state index < -0.39 is 23.5 Å². The van der Waals surface area contributed by atoms with Gasteiger partial charge >= 0.3 is 5.97 Å². The number of rotatable bonds is 5. The predicted octanol–water partition coefficient (Wildman–Crippen LogP) is 2.55. The summed E-state index contributed by atoms with van der Waals surface area (Å²) in [4.78, 5) is 41.0. The summed E-state index contributed by atoms with van der Waals surface area (Å²) in [6, 6.07) is 12.1. The lowest BCUT2D eigenvalue weighted by atomic mass is 10.1. The number of para-hydroxylation sites is 1. The van der Waals surface area contributed by atoms with E-state index in [1.165, 1.54) is 0 Å². The molecule has 1 unspecified atom stereocenters. The number of hydrogen-bond donors (Lipinski definition) is 2. The molecule has 0 bridgehead atoms. The summed E-state index contributed by atoms with van der Waals surface area (Å²) in [5, 5.41) is 9.69. The molecule has 0 amide bonds. The molecule has 0 spiro atoms. The van der Waals surface area contributed by atoms with Crippen LogP contribution in [0, 0.1) is 0 Å². The van der Waals surface area contributed by atoms with E-state index in [4.69, 9.17) is 22.4 Å². The number of benzene rings is 2. The average Bonchev–Trinajstić information content (AvgIpc) is 2.66. The molecule has 138 valence electrons. The fourth-order valence-electron chi connectivity index (χ4n) is 2.67. The van der Waals surface area contributed by atoms with Crippen molar-refractivity contribution >= 4 is 34.4 Å². The van der Waals surface area contributed by atoms with Crippen LogP contribution in [0.2, 0.25) is 5.02 Å². The van der Waals surface area contributed by atoms with E-state index in [0.717, 1.165) is 4.57 Å². The highest BCUT2D eigenvalue weighted by atomic mass is 35.5. The molecule has 3 aromatic rings. The van der Waals surface area contributed by atoms with Crippen molar-refractivity contribution in [2.45, 2.75) is 18.9 Å². The van der Waals surface area contributed by atoms with Gasteiger partial charge in [-0.25, -0.2) is 9.55 Å². The molecule has 0 aliphatic heterocycles. The van der Waals surface area contributed by atoms with Gasteiger partial charge in [-0.3, -0.25) is 14.4 Å². The van der Waals surface area contributed by atoms with Gasteiger partial charge in [-0.1, -0.05) is 23.7 Å². The van der Waals surface area contributed by atoms with Crippen LogP contribution in [0.25, 0.3) is 22.3 Å². The molecule has 0 saturated heterocycles. The minimum atomic E-state index is -1.20. The summed E-state index contributed by atoms with van der Waals surface area (Å²) in [6.45, 7) is 0. The molecule has 7 nitrogen and oxygen atoms in total. The second kappa shape index (κ2) is 7.69. The SMILES string of the molecule is NC(CCC(=O)n1c(-c2ccc(Cl)cc2)nc2ccccc2c1=O)C(=O)O. The number of carboxylic acid groups (broad SMARTS) is 1. The molecule has 2 aromatic carbocycles. The van der Waals surface area contributed by atoms with Gasteiger partial charge in [0.25, 0.3) is 5.56 Å². The Morgan fingerprint density at radius 1 is 1.15 bits per heavy atom. The number of aliphatic carboxylic acids is 1. The molecule has 0 aliphatic rings. The van der Waals surface area contributed by atoms with Crippen LogP contribution in [0.4, 0.5) is 0 Å². The Bertz CT molecular complexity index is 1080. The Balaban J connectivity index is 2.13. The Morgan fingerprint density at radius 3 is 2.48 bits per heavy atom. The van der Waals surface area contributed by atoms with Crippen LogP contribution in [0.5, 0.6) is 0 Å². The molecule has 0 radical (unpaired) electrons. The van der Waals surface area contributed by atoms with Crippen molar-refractivity contribution in [3.05, 3.63) is 63.9 Å². The van der Waals surface area contributed by atoms with Gasteiger partial charge in [0.1, 0.15) is 11.9 Å². The molecule has 0 aliphatic carbocycles. The smallest absolute Gasteiger partial charge is 0.320 e. The maximum atomic E-state index is 12.9. The van der Waals surface area contributed by atoms with Crippen molar-refractivity contribution < 1.29 is 14.7 Å². The zero-order valence-corrected chi connectivity index (χ0v) is 14.9. The predicted molar refractivity (Wildman–Crippen MR) is 102 cm³/mol. The van der Waals surface area contributed by atoms with Crippen molar-refractivity contribution in [3.8, 4) is 11.4 Å². The van der Waals surface area contributed by atoms with Crippen molar-refractivity contribution in [1.82, 2.24) is 9.55 Å². The van der Waals surface area contributed by atoms with Gasteiger partial charge < -0.3 is 10.8 Å². The molecular formula is C19H16ClN3O4. The monoisotopic (exact) mass is 385 g/mol. The largest absolute Gasteiger partial charge is 0.480 e. The summed E-state index contributed by atoms with van der Waals surface area (Å²) >= 11 is 5.92. The third-order valence-electron chi connectivity index (χ3n) is 4.11. The van der Waals surface area contributed by atoms with E-state index in [0.29, 0.717) is 21.5 Å². The fourth-order valence-corrected chi connectivity index (χ4v) is 2.80. The van der Waals surface area contributed by atoms with Gasteiger partial charge in [-0.15, -0.1) is 0 Å². The van der Waals surface area contributed by atoms with Gasteiger partial charge in [0.15, 0.2) is 0 Å². The molecule has 3 N–H and O–H groups in total. The van der Waals surface area contributed by atoms with E-state index in [1.807, 2.05) is 0 Å². The zero-order chi connectivity index (χ0) is 19.6. The normalized spacial score (nSPS) is 12.1. The number of fused-ring (bicyclic) bond motifs is 1. The first-order valence-corrected chi connectivity index (χ1v) is 8.55. The van der Waals surface area contributed by atoms with Gasteiger partial charge in [0.2, 0.25) is 5.91 Å². The van der Waals surface area contributed by atoms with Crippen LogP contribution < -0.4 is 11.3 Å². The molecule has 3 rings (SSSR count). The molecule has 0 saturated carbocycles. The minimum absolute atomic E-state index is 0.0898. The number of carbonyl (C=O) groups excluding carboxylic acids is 1. The number of hydrogen-bond acceptors (Lipinski definition) is 5. The Morgan fingerprint density at radius 2 is 1.81 bits per heavy atom. The molecule has 1 aromatic heterocycles. The summed E-state index contributed by atoms with van der Waals surface area (Å²) in [7, 11) is 0. The van der Waals surface area contributed by atoms with E-state index in [1.54, 1.807) is 48.5 Å². The van der Waals surface area contributed by atoms with Crippen LogP contribution in [0.15, 0.2) is 53.3 Å². The van der Waals surface area contributed by atoms with E-state index in [9.17, 15) is 14.4 Å². The van der Waals surface area contributed by atoms with Crippen molar-refractivity contribution in [1.29, 1.82) is 0 Å². The first kappa shape index (κ1) is 18.8. The molecule has 1 atom stereocenters. The molecular weight excluding hydrogens is 370 g/mol. The highest BCUT2D eigenvalue weighted by molar-refractivity contribution is 6.30. The van der Waals surface area contributed by atoms with Crippen LogP contribution in [-0.4, -0.2) is 32.6 Å². The lowest BCUT2D eigenvalue weighted by Crippen LogP contribution is -2.34. The standard InChI is InChI=1S/C19H16ClN3O4/c20-12-7-5-11(6-8-12)17-22-15-4-2-1-3-13(15)18(25)23(17)16(24)10-9-14(21)19(26)27/h1-8,14H,9-10,21H2,(H,26,27). The Kier molecular flexibility index (Phi) is 5.34. The summed E-state index contributed by atoms with van der Waals surface area (Å²) < 4.78 is 0.972. The number of carbonyl (C=O) groups is 2. The third kappa shape index (κ3) is 3.89. The molecule has 0 fully saturated rings. The summed E-state index contributed by atoms with van der Waals surface area (Å²) in [5.41, 5.74) is 5.95. The third-order valence-corrected chi connectivity index (χ3v) is 4.37. The molecule has 27 heavy (non-hydrogen) atoms. The Hall–Kier alpha value is -3.03. The quantitative estimate of drug-likeness (QED) is 0.697. The maximum absolute atomic E-state index is 12.9. The number of aromatic nitrogens is 2. The maximum Gasteiger partial charge on any atom is 0.320 e. The number of nitrogens with two attached hydrogens (primary N) is 1. The van der Waals surface area contributed by atoms with Crippen molar-refractivity contribution in [3.63, 3.8) is 0 Å². The number of halogens is 1. The van der Waals surface area contributed by atoms with Crippen LogP contribution in [0.1, 0.15) is 17.6 Å². The van der Waals surface area contributed by atoms with Crippen LogP contribution in [-0.2, 0) is 4.79 Å². The molecule has 8 heteroatoms. The first-order chi connectivity index (χ1) is 12.9. The Labute approximate surface area is 159 Å². The highest BCUT2D eigenvalue weighted by Gasteiger charge is 2.20. The summed E-state index contributed by atoms with van der Waals surface area (Å²) in [6.07, 6.45) is -0.290. The van der Waals surface area contributed by atoms with E-state index in [2.05, 4.69) is 4.98 Å². The van der Waals surface area contributed by atoms with Crippen LogP contribution >= 0.6 is 11.6 Å². The summed E-state index contributed by atoms with van der Waals surface area (Å²) in [5.74, 6) is -1.60. The zero-order valence-electron chi connectivity index (χ0n) is 14.1. The van der Waals surface area contributed by atoms with Gasteiger partial charge in [0.05, 0.1) is 10.9 Å². The van der Waals surface area contributed by atoms with E-state index >= 15 is 0 Å². The highest BCUT2D eigenvalue weighted by Crippen LogP contribution is 2.21. The van der Waals surface area contributed by atoms with Gasteiger partial charge in [0, 0.05) is 17.0 Å². The van der Waals surface area contributed by atoms with Crippen molar-refractivity contribution in [2.75, 3.05) is 0 Å². The topological polar surface area (TPSA) is 115 Å². The van der Waals surface area contributed by atoms with Crippen LogP contribution in [0.3, 0.4) is 0 Å². The number of nitrogens with zero attached hydrogens (tertiary/aromatic N) is 2. The average molecular weight is 386 g/mol.